The number of aromatic nitrogens is 2. The summed E-state index contributed by atoms with van der Waals surface area (Å²) in [5.74, 6) is 0.743. The summed E-state index contributed by atoms with van der Waals surface area (Å²) in [4.78, 5) is 15.9. The lowest BCUT2D eigenvalue weighted by Gasteiger charge is -2.07. The van der Waals surface area contributed by atoms with E-state index in [1.165, 1.54) is 0 Å². The summed E-state index contributed by atoms with van der Waals surface area (Å²) in [5.41, 5.74) is 2.17. The molecule has 0 unspecified atom stereocenters. The molecule has 0 atom stereocenters. The van der Waals surface area contributed by atoms with Gasteiger partial charge in [0, 0.05) is 19.5 Å². The zero-order valence-electron chi connectivity index (χ0n) is 12.3. The Hall–Kier alpha value is -1.84. The second-order valence-corrected chi connectivity index (χ2v) is 5.56. The Balaban J connectivity index is 1.72. The molecule has 0 fully saturated rings. The number of benzene rings is 1. The molecule has 0 bridgehead atoms. The highest BCUT2D eigenvalue weighted by Crippen LogP contribution is 2.11. The molecule has 0 radical (unpaired) electrons. The quantitative estimate of drug-likeness (QED) is 0.788. The van der Waals surface area contributed by atoms with Gasteiger partial charge in [0.1, 0.15) is 0 Å². The van der Waals surface area contributed by atoms with Gasteiger partial charge in [0.15, 0.2) is 0 Å². The fourth-order valence-electron chi connectivity index (χ4n) is 2.17. The highest BCUT2D eigenvalue weighted by Gasteiger charge is 2.04. The summed E-state index contributed by atoms with van der Waals surface area (Å²) in [7, 11) is 0. The Morgan fingerprint density at radius 3 is 2.95 bits per heavy atom. The number of carbonyl (C=O) groups excluding carboxylic acids is 1. The first-order valence-corrected chi connectivity index (χ1v) is 7.33. The van der Waals surface area contributed by atoms with Gasteiger partial charge in [-0.3, -0.25) is 4.79 Å². The predicted molar refractivity (Wildman–Crippen MR) is 81.4 cm³/mol. The first-order chi connectivity index (χ1) is 9.66. The molecule has 4 nitrogen and oxygen atoms in total. The second-order valence-electron chi connectivity index (χ2n) is 5.56. The molecule has 4 heteroatoms. The molecule has 1 amide bonds. The van der Waals surface area contributed by atoms with Crippen LogP contribution in [0.2, 0.25) is 0 Å². The molecule has 0 saturated heterocycles. The molecule has 2 rings (SSSR count). The van der Waals surface area contributed by atoms with Gasteiger partial charge >= 0.3 is 0 Å². The molecule has 1 N–H and O–H groups in total. The number of amides is 1. The molecule has 2 aromatic rings. The van der Waals surface area contributed by atoms with E-state index in [1.54, 1.807) is 0 Å². The van der Waals surface area contributed by atoms with Crippen LogP contribution < -0.4 is 5.32 Å². The number of carbonyl (C=O) groups is 1. The number of imidazole rings is 1. The minimum absolute atomic E-state index is 0.161. The normalized spacial score (nSPS) is 11.2. The van der Waals surface area contributed by atoms with E-state index in [0.29, 0.717) is 12.3 Å². The lowest BCUT2D eigenvalue weighted by molar-refractivity contribution is -0.121. The van der Waals surface area contributed by atoms with Crippen LogP contribution >= 0.6 is 0 Å². The van der Waals surface area contributed by atoms with Crippen molar-refractivity contribution >= 4 is 16.9 Å². The maximum atomic E-state index is 11.6. The number of aryl methyl sites for hydroxylation is 1. The Morgan fingerprint density at radius 1 is 1.35 bits per heavy atom. The van der Waals surface area contributed by atoms with Gasteiger partial charge in [0.25, 0.3) is 0 Å². The maximum Gasteiger partial charge on any atom is 0.220 e. The average molecular weight is 273 g/mol. The minimum atomic E-state index is 0.161. The van der Waals surface area contributed by atoms with Gasteiger partial charge in [-0.2, -0.15) is 0 Å². The van der Waals surface area contributed by atoms with Gasteiger partial charge in [-0.15, -0.1) is 0 Å². The van der Waals surface area contributed by atoms with E-state index >= 15 is 0 Å². The predicted octanol–water partition coefficient (Wildman–Crippen LogP) is 2.98. The molecular formula is C16H23N3O. The number of nitrogens with one attached hydrogen (secondary N) is 1. The zero-order chi connectivity index (χ0) is 14.4. The molecule has 20 heavy (non-hydrogen) atoms. The van der Waals surface area contributed by atoms with Crippen LogP contribution in [0.25, 0.3) is 11.0 Å². The van der Waals surface area contributed by atoms with Crippen molar-refractivity contribution in [2.75, 3.05) is 6.54 Å². The Morgan fingerprint density at radius 2 is 2.15 bits per heavy atom. The first kappa shape index (κ1) is 14.6. The maximum absolute atomic E-state index is 11.6. The van der Waals surface area contributed by atoms with Crippen molar-refractivity contribution in [3.8, 4) is 0 Å². The van der Waals surface area contributed by atoms with Crippen LogP contribution in [0.1, 0.15) is 33.1 Å². The molecule has 0 spiro atoms. The van der Waals surface area contributed by atoms with Crippen LogP contribution in [0.3, 0.4) is 0 Å². The third-order valence-corrected chi connectivity index (χ3v) is 3.37. The van der Waals surface area contributed by atoms with E-state index in [1.807, 2.05) is 24.5 Å². The third-order valence-electron chi connectivity index (χ3n) is 3.37. The van der Waals surface area contributed by atoms with Gasteiger partial charge in [-0.05, 0) is 30.9 Å². The molecule has 1 heterocycles. The van der Waals surface area contributed by atoms with Crippen LogP contribution in [-0.2, 0) is 11.3 Å². The molecule has 0 aliphatic carbocycles. The minimum Gasteiger partial charge on any atom is -0.356 e. The summed E-state index contributed by atoms with van der Waals surface area (Å²) in [6, 6.07) is 8.10. The Bertz CT molecular complexity index is 560. The highest BCUT2D eigenvalue weighted by molar-refractivity contribution is 5.76. The van der Waals surface area contributed by atoms with Crippen molar-refractivity contribution in [2.24, 2.45) is 5.92 Å². The highest BCUT2D eigenvalue weighted by atomic mass is 16.1. The largest absolute Gasteiger partial charge is 0.356 e. The van der Waals surface area contributed by atoms with E-state index in [2.05, 4.69) is 34.8 Å². The smallest absolute Gasteiger partial charge is 0.220 e. The number of rotatable bonds is 7. The summed E-state index contributed by atoms with van der Waals surface area (Å²) >= 11 is 0. The number of hydrogen-bond donors (Lipinski definition) is 1. The van der Waals surface area contributed by atoms with E-state index in [4.69, 9.17) is 0 Å². The van der Waals surface area contributed by atoms with Crippen molar-refractivity contribution in [1.29, 1.82) is 0 Å². The van der Waals surface area contributed by atoms with Gasteiger partial charge in [-0.25, -0.2) is 4.98 Å². The van der Waals surface area contributed by atoms with E-state index < -0.39 is 0 Å². The average Bonchev–Trinajstić information content (AvgIpc) is 2.85. The fourth-order valence-corrected chi connectivity index (χ4v) is 2.17. The number of nitrogens with zero attached hydrogens (tertiary/aromatic N) is 2. The molecular weight excluding hydrogens is 250 g/mol. The van der Waals surface area contributed by atoms with Crippen molar-refractivity contribution in [1.82, 2.24) is 14.9 Å². The molecule has 0 aliphatic rings. The van der Waals surface area contributed by atoms with Crippen LogP contribution in [0.15, 0.2) is 30.6 Å². The van der Waals surface area contributed by atoms with Gasteiger partial charge < -0.3 is 9.88 Å². The van der Waals surface area contributed by atoms with E-state index in [-0.39, 0.29) is 5.91 Å². The monoisotopic (exact) mass is 273 g/mol. The number of para-hydroxylation sites is 2. The Kier molecular flexibility index (Phi) is 5.16. The van der Waals surface area contributed by atoms with Gasteiger partial charge in [0.05, 0.1) is 17.4 Å². The van der Waals surface area contributed by atoms with Crippen LogP contribution in [0.5, 0.6) is 0 Å². The number of fused-ring (bicyclic) bond motifs is 1. The molecule has 0 aliphatic heterocycles. The van der Waals surface area contributed by atoms with Crippen molar-refractivity contribution in [3.63, 3.8) is 0 Å². The molecule has 1 aromatic carbocycles. The van der Waals surface area contributed by atoms with Crippen molar-refractivity contribution < 1.29 is 4.79 Å². The van der Waals surface area contributed by atoms with Crippen LogP contribution in [0.4, 0.5) is 0 Å². The second kappa shape index (κ2) is 7.08. The fraction of sp³-hybridized carbons (Fsp3) is 0.500. The third kappa shape index (κ3) is 4.08. The van der Waals surface area contributed by atoms with Crippen molar-refractivity contribution in [3.05, 3.63) is 30.6 Å². The van der Waals surface area contributed by atoms with Gasteiger partial charge in [0.2, 0.25) is 5.91 Å². The zero-order valence-corrected chi connectivity index (χ0v) is 12.3. The van der Waals surface area contributed by atoms with Crippen LogP contribution in [-0.4, -0.2) is 22.0 Å². The van der Waals surface area contributed by atoms with Gasteiger partial charge in [-0.1, -0.05) is 26.0 Å². The first-order valence-electron chi connectivity index (χ1n) is 7.33. The van der Waals surface area contributed by atoms with E-state index in [9.17, 15) is 4.79 Å². The molecule has 108 valence electrons. The molecule has 0 saturated carbocycles. The SMILES string of the molecule is CC(C)CCC(=O)NCCCn1cnc2ccccc21. The number of hydrogen-bond acceptors (Lipinski definition) is 2. The van der Waals surface area contributed by atoms with E-state index in [0.717, 1.165) is 37.0 Å². The summed E-state index contributed by atoms with van der Waals surface area (Å²) in [6.07, 6.45) is 4.38. The van der Waals surface area contributed by atoms with Crippen LogP contribution in [0, 0.1) is 5.92 Å². The molecule has 1 aromatic heterocycles. The summed E-state index contributed by atoms with van der Waals surface area (Å²) in [6.45, 7) is 5.88. The standard InChI is InChI=1S/C16H23N3O/c1-13(2)8-9-16(20)17-10-5-11-19-12-18-14-6-3-4-7-15(14)19/h3-4,6-7,12-13H,5,8-11H2,1-2H3,(H,17,20). The summed E-state index contributed by atoms with van der Waals surface area (Å²) in [5, 5.41) is 2.98. The lowest BCUT2D eigenvalue weighted by atomic mass is 10.1. The van der Waals surface area contributed by atoms with Crippen molar-refractivity contribution in [2.45, 2.75) is 39.7 Å². The lowest BCUT2D eigenvalue weighted by Crippen LogP contribution is -2.25. The Labute approximate surface area is 120 Å². The topological polar surface area (TPSA) is 46.9 Å². The summed E-state index contributed by atoms with van der Waals surface area (Å²) < 4.78 is 2.13.